The first-order valence-corrected chi connectivity index (χ1v) is 12.9. The fourth-order valence-electron chi connectivity index (χ4n) is 3.62. The number of nitrogens with one attached hydrogen (secondary N) is 1. The Kier molecular flexibility index (Phi) is 10.0. The lowest BCUT2D eigenvalue weighted by atomic mass is 10.0. The SMILES string of the molecule is CNC(=O)C(Cc1ccccc1)N(Cc1cccc(Br)c1)C(=O)CCSCc1ccccc1. The van der Waals surface area contributed by atoms with Gasteiger partial charge in [0.25, 0.3) is 0 Å². The van der Waals surface area contributed by atoms with Gasteiger partial charge in [-0.05, 0) is 28.8 Å². The Morgan fingerprint density at radius 1 is 0.909 bits per heavy atom. The molecule has 0 bridgehead atoms. The Hall–Kier alpha value is -2.57. The van der Waals surface area contributed by atoms with Gasteiger partial charge in [0.2, 0.25) is 11.8 Å². The number of benzene rings is 3. The van der Waals surface area contributed by atoms with Crippen LogP contribution in [0.4, 0.5) is 0 Å². The first-order chi connectivity index (χ1) is 16.1. The maximum Gasteiger partial charge on any atom is 0.242 e. The number of hydrogen-bond donors (Lipinski definition) is 1. The van der Waals surface area contributed by atoms with Crippen LogP contribution in [0.3, 0.4) is 0 Å². The highest BCUT2D eigenvalue weighted by molar-refractivity contribution is 9.10. The molecule has 0 fully saturated rings. The molecule has 1 atom stereocenters. The van der Waals surface area contributed by atoms with E-state index in [0.717, 1.165) is 21.4 Å². The topological polar surface area (TPSA) is 49.4 Å². The smallest absolute Gasteiger partial charge is 0.242 e. The molecule has 172 valence electrons. The van der Waals surface area contributed by atoms with Crippen molar-refractivity contribution in [3.05, 3.63) is 106 Å². The van der Waals surface area contributed by atoms with Gasteiger partial charge in [-0.15, -0.1) is 0 Å². The van der Waals surface area contributed by atoms with Crippen molar-refractivity contribution < 1.29 is 9.59 Å². The van der Waals surface area contributed by atoms with Crippen molar-refractivity contribution in [1.29, 1.82) is 0 Å². The quantitative estimate of drug-likeness (QED) is 0.339. The van der Waals surface area contributed by atoms with E-state index in [0.29, 0.717) is 25.1 Å². The third kappa shape index (κ3) is 8.06. The summed E-state index contributed by atoms with van der Waals surface area (Å²) in [5, 5.41) is 2.76. The van der Waals surface area contributed by atoms with Crippen LogP contribution in [0.5, 0.6) is 0 Å². The van der Waals surface area contributed by atoms with Gasteiger partial charge in [0, 0.05) is 42.4 Å². The Balaban J connectivity index is 1.75. The van der Waals surface area contributed by atoms with Crippen molar-refractivity contribution >= 4 is 39.5 Å². The van der Waals surface area contributed by atoms with Gasteiger partial charge in [0.15, 0.2) is 0 Å². The molecular weight excluding hydrogens is 496 g/mol. The van der Waals surface area contributed by atoms with Crippen molar-refractivity contribution in [3.8, 4) is 0 Å². The molecule has 33 heavy (non-hydrogen) atoms. The third-order valence-corrected chi connectivity index (χ3v) is 6.85. The minimum absolute atomic E-state index is 0.0138. The Bertz CT molecular complexity index is 1030. The minimum Gasteiger partial charge on any atom is -0.357 e. The van der Waals surface area contributed by atoms with Gasteiger partial charge in [-0.2, -0.15) is 11.8 Å². The second kappa shape index (κ2) is 13.2. The van der Waals surface area contributed by atoms with Crippen LogP contribution in [0.2, 0.25) is 0 Å². The van der Waals surface area contributed by atoms with Crippen molar-refractivity contribution in [1.82, 2.24) is 10.2 Å². The molecule has 1 unspecified atom stereocenters. The molecule has 0 saturated heterocycles. The van der Waals surface area contributed by atoms with Crippen LogP contribution >= 0.6 is 27.7 Å². The Morgan fingerprint density at radius 3 is 2.18 bits per heavy atom. The average Bonchev–Trinajstić information content (AvgIpc) is 2.84. The number of rotatable bonds is 11. The number of hydrogen-bond acceptors (Lipinski definition) is 3. The van der Waals surface area contributed by atoms with Gasteiger partial charge in [0.05, 0.1) is 0 Å². The first kappa shape index (κ1) is 25.1. The van der Waals surface area contributed by atoms with Gasteiger partial charge >= 0.3 is 0 Å². The molecule has 4 nitrogen and oxygen atoms in total. The largest absolute Gasteiger partial charge is 0.357 e. The van der Waals surface area contributed by atoms with E-state index < -0.39 is 6.04 Å². The second-order valence-electron chi connectivity index (χ2n) is 7.76. The average molecular weight is 526 g/mol. The van der Waals surface area contributed by atoms with Crippen molar-refractivity contribution in [2.24, 2.45) is 0 Å². The number of amides is 2. The van der Waals surface area contributed by atoms with Crippen LogP contribution in [0.1, 0.15) is 23.1 Å². The molecule has 0 aliphatic rings. The molecule has 0 aliphatic carbocycles. The van der Waals surface area contributed by atoms with E-state index in [2.05, 4.69) is 33.4 Å². The summed E-state index contributed by atoms with van der Waals surface area (Å²) in [4.78, 5) is 28.1. The summed E-state index contributed by atoms with van der Waals surface area (Å²) in [5.74, 6) is 1.40. The molecule has 3 rings (SSSR count). The van der Waals surface area contributed by atoms with E-state index in [4.69, 9.17) is 0 Å². The van der Waals surface area contributed by atoms with E-state index in [-0.39, 0.29) is 11.8 Å². The third-order valence-electron chi connectivity index (χ3n) is 5.33. The number of halogens is 1. The summed E-state index contributed by atoms with van der Waals surface area (Å²) in [7, 11) is 1.62. The summed E-state index contributed by atoms with van der Waals surface area (Å²) >= 11 is 5.25. The molecule has 0 radical (unpaired) electrons. The molecule has 0 aliphatic heterocycles. The molecule has 0 aromatic heterocycles. The molecule has 6 heteroatoms. The highest BCUT2D eigenvalue weighted by Crippen LogP contribution is 2.20. The number of carbonyl (C=O) groups is 2. The standard InChI is InChI=1S/C27H29BrN2O2S/c1-29-27(32)25(18-21-9-4-2-5-10-21)30(19-23-13-8-14-24(28)17-23)26(31)15-16-33-20-22-11-6-3-7-12-22/h2-14,17,25H,15-16,18-20H2,1H3,(H,29,32). The molecule has 0 saturated carbocycles. The summed E-state index contributed by atoms with van der Waals surface area (Å²) in [5.41, 5.74) is 3.25. The molecule has 3 aromatic rings. The van der Waals surface area contributed by atoms with Crippen molar-refractivity contribution in [2.75, 3.05) is 12.8 Å². The fourth-order valence-corrected chi connectivity index (χ4v) is 4.96. The summed E-state index contributed by atoms with van der Waals surface area (Å²) in [6.45, 7) is 0.381. The van der Waals surface area contributed by atoms with E-state index >= 15 is 0 Å². The van der Waals surface area contributed by atoms with Gasteiger partial charge in [-0.3, -0.25) is 9.59 Å². The zero-order valence-corrected chi connectivity index (χ0v) is 21.1. The van der Waals surface area contributed by atoms with Crippen LogP contribution in [0.25, 0.3) is 0 Å². The van der Waals surface area contributed by atoms with Crippen LogP contribution in [-0.4, -0.2) is 35.6 Å². The number of carbonyl (C=O) groups excluding carboxylic acids is 2. The molecule has 2 amide bonds. The fraction of sp³-hybridized carbons (Fsp3) is 0.259. The maximum atomic E-state index is 13.4. The first-order valence-electron chi connectivity index (χ1n) is 11.0. The number of nitrogens with zero attached hydrogens (tertiary/aromatic N) is 1. The van der Waals surface area contributed by atoms with Crippen LogP contribution in [0.15, 0.2) is 89.4 Å². The maximum absolute atomic E-state index is 13.4. The van der Waals surface area contributed by atoms with Gasteiger partial charge < -0.3 is 10.2 Å². The van der Waals surface area contributed by atoms with Gasteiger partial charge in [-0.1, -0.05) is 88.7 Å². The highest BCUT2D eigenvalue weighted by atomic mass is 79.9. The molecule has 0 heterocycles. The molecular formula is C27H29BrN2O2S. The predicted octanol–water partition coefficient (Wildman–Crippen LogP) is 5.46. The minimum atomic E-state index is -0.581. The van der Waals surface area contributed by atoms with E-state index in [9.17, 15) is 9.59 Å². The van der Waals surface area contributed by atoms with Crippen LogP contribution in [0, 0.1) is 0 Å². The second-order valence-corrected chi connectivity index (χ2v) is 9.78. The van der Waals surface area contributed by atoms with E-state index in [1.165, 1.54) is 5.56 Å². The Labute approximate surface area is 208 Å². The molecule has 3 aromatic carbocycles. The summed E-state index contributed by atoms with van der Waals surface area (Å²) in [6, 6.07) is 27.4. The normalized spacial score (nSPS) is 11.6. The summed E-state index contributed by atoms with van der Waals surface area (Å²) in [6.07, 6.45) is 0.852. The van der Waals surface area contributed by atoms with Crippen molar-refractivity contribution in [2.45, 2.75) is 31.2 Å². The lowest BCUT2D eigenvalue weighted by molar-refractivity contribution is -0.140. The lowest BCUT2D eigenvalue weighted by Gasteiger charge is -2.31. The monoisotopic (exact) mass is 524 g/mol. The Morgan fingerprint density at radius 2 is 1.55 bits per heavy atom. The zero-order chi connectivity index (χ0) is 23.5. The van der Waals surface area contributed by atoms with Crippen molar-refractivity contribution in [3.63, 3.8) is 0 Å². The molecule has 0 spiro atoms. The number of thioether (sulfide) groups is 1. The lowest BCUT2D eigenvalue weighted by Crippen LogP contribution is -2.49. The van der Waals surface area contributed by atoms with Crippen LogP contribution < -0.4 is 5.32 Å². The predicted molar refractivity (Wildman–Crippen MR) is 140 cm³/mol. The van der Waals surface area contributed by atoms with Gasteiger partial charge in [0.1, 0.15) is 6.04 Å². The van der Waals surface area contributed by atoms with Crippen LogP contribution in [-0.2, 0) is 28.3 Å². The zero-order valence-electron chi connectivity index (χ0n) is 18.7. The highest BCUT2D eigenvalue weighted by Gasteiger charge is 2.29. The summed E-state index contributed by atoms with van der Waals surface area (Å²) < 4.78 is 0.949. The number of likely N-dealkylation sites (N-methyl/N-ethyl adjacent to an activating group) is 1. The van der Waals surface area contributed by atoms with E-state index in [1.807, 2.05) is 72.8 Å². The van der Waals surface area contributed by atoms with E-state index in [1.54, 1.807) is 23.7 Å². The van der Waals surface area contributed by atoms with Gasteiger partial charge in [-0.25, -0.2) is 0 Å². The molecule has 1 N–H and O–H groups in total.